The lowest BCUT2D eigenvalue weighted by Gasteiger charge is -2.62. The molecule has 29 heavy (non-hydrogen) atoms. The smallest absolute Gasteiger partial charge is 0.303 e. The molecule has 0 aliphatic heterocycles. The second kappa shape index (κ2) is 7.33. The van der Waals surface area contributed by atoms with E-state index in [4.69, 9.17) is 4.74 Å². The molecule has 8 atom stereocenters. The van der Waals surface area contributed by atoms with Gasteiger partial charge in [0, 0.05) is 25.2 Å². The molecule has 0 radical (unpaired) electrons. The normalized spacial score (nSPS) is 46.8. The van der Waals surface area contributed by atoms with E-state index in [0.717, 1.165) is 42.5 Å². The van der Waals surface area contributed by atoms with Gasteiger partial charge in [-0.2, -0.15) is 0 Å². The van der Waals surface area contributed by atoms with Gasteiger partial charge in [-0.3, -0.25) is 9.59 Å². The standard InChI is InChI=1S/C24H40NO3.H2O/c1-15(26)28-21-13-16-7-8-17-18-9-10-22(27)23(18,2)12-11-19(17)24(16,3)14-20(21)25(4,5)6;/h16-21H,7-14H2,1-6H3;1H2/q+1;/p-1/t16-,17-,18-,19-,20-,21-,23-,24-;/m0./s1. The van der Waals surface area contributed by atoms with Gasteiger partial charge < -0.3 is 14.7 Å². The highest BCUT2D eigenvalue weighted by molar-refractivity contribution is 5.87. The summed E-state index contributed by atoms with van der Waals surface area (Å²) in [5.41, 5.74) is 0.265. The Morgan fingerprint density at radius 3 is 2.38 bits per heavy atom. The first-order chi connectivity index (χ1) is 13.0. The van der Waals surface area contributed by atoms with Crippen molar-refractivity contribution in [1.82, 2.24) is 0 Å². The van der Waals surface area contributed by atoms with Gasteiger partial charge in [-0.1, -0.05) is 13.8 Å². The first kappa shape index (κ1) is 22.7. The lowest BCUT2D eigenvalue weighted by molar-refractivity contribution is -0.902. The molecule has 4 saturated carbocycles. The maximum absolute atomic E-state index is 12.6. The van der Waals surface area contributed by atoms with E-state index in [9.17, 15) is 9.59 Å². The Morgan fingerprint density at radius 1 is 1.07 bits per heavy atom. The Labute approximate surface area is 176 Å². The van der Waals surface area contributed by atoms with Crippen LogP contribution in [-0.4, -0.2) is 55.0 Å². The summed E-state index contributed by atoms with van der Waals surface area (Å²) in [6.45, 7) is 6.36. The zero-order valence-corrected chi connectivity index (χ0v) is 19.2. The summed E-state index contributed by atoms with van der Waals surface area (Å²) in [5.74, 6) is 3.07. The van der Waals surface area contributed by atoms with E-state index in [1.807, 2.05) is 0 Å². The predicted octanol–water partition coefficient (Wildman–Crippen LogP) is 4.04. The van der Waals surface area contributed by atoms with Gasteiger partial charge >= 0.3 is 5.97 Å². The van der Waals surface area contributed by atoms with Crippen LogP contribution in [0.4, 0.5) is 0 Å². The van der Waals surface area contributed by atoms with E-state index in [1.165, 1.54) is 19.3 Å². The Morgan fingerprint density at radius 2 is 1.76 bits per heavy atom. The largest absolute Gasteiger partial charge is 0.870 e. The van der Waals surface area contributed by atoms with Crippen molar-refractivity contribution in [3.05, 3.63) is 0 Å². The van der Waals surface area contributed by atoms with Crippen molar-refractivity contribution in [2.45, 2.75) is 84.3 Å². The number of fused-ring (bicyclic) bond motifs is 5. The molecule has 0 unspecified atom stereocenters. The van der Waals surface area contributed by atoms with E-state index in [-0.39, 0.29) is 23.0 Å². The number of ether oxygens (including phenoxy) is 1. The molecule has 4 aliphatic rings. The van der Waals surface area contributed by atoms with Crippen molar-refractivity contribution in [3.63, 3.8) is 0 Å². The fourth-order valence-corrected chi connectivity index (χ4v) is 8.14. The first-order valence-electron chi connectivity index (χ1n) is 11.5. The number of ketones is 1. The van der Waals surface area contributed by atoms with E-state index in [2.05, 4.69) is 35.0 Å². The predicted molar refractivity (Wildman–Crippen MR) is 111 cm³/mol. The Balaban J connectivity index is 0.00000240. The number of carbonyl (C=O) groups excluding carboxylic acids is 2. The summed E-state index contributed by atoms with van der Waals surface area (Å²) < 4.78 is 6.71. The summed E-state index contributed by atoms with van der Waals surface area (Å²) in [6.07, 6.45) is 8.90. The quantitative estimate of drug-likeness (QED) is 0.511. The molecule has 4 fully saturated rings. The molecule has 4 rings (SSSR count). The second-order valence-corrected chi connectivity index (χ2v) is 11.8. The Kier molecular flexibility index (Phi) is 5.75. The second-order valence-electron chi connectivity index (χ2n) is 11.8. The third kappa shape index (κ3) is 3.46. The molecule has 4 aliphatic carbocycles. The Bertz CT molecular complexity index is 670. The van der Waals surface area contributed by atoms with Crippen LogP contribution in [0.25, 0.3) is 0 Å². The van der Waals surface area contributed by atoms with Crippen LogP contribution in [0.3, 0.4) is 0 Å². The summed E-state index contributed by atoms with van der Waals surface area (Å²) in [7, 11) is 6.75. The Hall–Kier alpha value is -0.940. The van der Waals surface area contributed by atoms with E-state index in [1.54, 1.807) is 6.92 Å². The van der Waals surface area contributed by atoms with Crippen molar-refractivity contribution >= 4 is 11.8 Å². The van der Waals surface area contributed by atoms with Crippen LogP contribution in [-0.2, 0) is 14.3 Å². The molecular weight excluding hydrogens is 366 g/mol. The summed E-state index contributed by atoms with van der Waals surface area (Å²) in [4.78, 5) is 24.4. The minimum atomic E-state index is -0.140. The molecule has 0 aromatic rings. The number of Topliss-reactive ketones (excluding diaryl/α,β-unsaturated/α-hetero) is 1. The van der Waals surface area contributed by atoms with Gasteiger partial charge in [0.05, 0.1) is 21.1 Å². The molecule has 0 bridgehead atoms. The molecule has 166 valence electrons. The van der Waals surface area contributed by atoms with Gasteiger partial charge in [0.2, 0.25) is 0 Å². The van der Waals surface area contributed by atoms with Crippen molar-refractivity contribution in [2.75, 3.05) is 21.1 Å². The van der Waals surface area contributed by atoms with Gasteiger partial charge in [0.1, 0.15) is 11.8 Å². The summed E-state index contributed by atoms with van der Waals surface area (Å²) in [5, 5.41) is 0. The lowest BCUT2D eigenvalue weighted by atomic mass is 9.44. The third-order valence-electron chi connectivity index (χ3n) is 9.68. The number of carbonyl (C=O) groups is 2. The molecule has 0 aromatic heterocycles. The number of hydrogen-bond acceptors (Lipinski definition) is 4. The minimum absolute atomic E-state index is 0. The van der Waals surface area contributed by atoms with E-state index >= 15 is 0 Å². The van der Waals surface area contributed by atoms with E-state index in [0.29, 0.717) is 35.0 Å². The van der Waals surface area contributed by atoms with E-state index < -0.39 is 0 Å². The van der Waals surface area contributed by atoms with Gasteiger partial charge in [-0.15, -0.1) is 0 Å². The lowest BCUT2D eigenvalue weighted by Crippen LogP contribution is -2.63. The maximum Gasteiger partial charge on any atom is 0.303 e. The van der Waals surface area contributed by atoms with Crippen LogP contribution >= 0.6 is 0 Å². The van der Waals surface area contributed by atoms with Crippen LogP contribution in [0.2, 0.25) is 0 Å². The molecule has 5 nitrogen and oxygen atoms in total. The SMILES string of the molecule is CC(=O)O[C@H]1C[C@@H]2CC[C@@H]3[C@H](CC[C@]4(C)C(=O)CC[C@@H]34)[C@@]2(C)C[C@@H]1[N+](C)(C)C.[OH-]. The summed E-state index contributed by atoms with van der Waals surface area (Å²) >= 11 is 0. The number of likely N-dealkylation sites (N-methyl/N-ethyl adjacent to an activating group) is 1. The van der Waals surface area contributed by atoms with Crippen molar-refractivity contribution in [2.24, 2.45) is 34.5 Å². The fourth-order valence-electron chi connectivity index (χ4n) is 8.14. The fraction of sp³-hybridized carbons (Fsp3) is 0.917. The zero-order chi connectivity index (χ0) is 20.5. The molecule has 0 saturated heterocycles. The first-order valence-corrected chi connectivity index (χ1v) is 11.5. The molecule has 0 aromatic carbocycles. The molecule has 0 amide bonds. The summed E-state index contributed by atoms with van der Waals surface area (Å²) in [6, 6.07) is 0.349. The molecule has 0 spiro atoms. The average Bonchev–Trinajstić information content (AvgIpc) is 2.88. The van der Waals surface area contributed by atoms with Crippen LogP contribution < -0.4 is 0 Å². The van der Waals surface area contributed by atoms with Gasteiger partial charge in [0.25, 0.3) is 0 Å². The number of nitrogens with zero attached hydrogens (tertiary/aromatic N) is 1. The monoisotopic (exact) mass is 407 g/mol. The van der Waals surface area contributed by atoms with Gasteiger partial charge in [-0.05, 0) is 67.6 Å². The van der Waals surface area contributed by atoms with Crippen molar-refractivity contribution in [1.29, 1.82) is 0 Å². The van der Waals surface area contributed by atoms with Gasteiger partial charge in [-0.25, -0.2) is 0 Å². The highest BCUT2D eigenvalue weighted by Crippen LogP contribution is 2.65. The van der Waals surface area contributed by atoms with Crippen LogP contribution in [0.1, 0.15) is 72.1 Å². The number of rotatable bonds is 2. The molecule has 1 N–H and O–H groups in total. The van der Waals surface area contributed by atoms with Crippen molar-refractivity contribution < 1.29 is 24.3 Å². The maximum atomic E-state index is 12.6. The highest BCUT2D eigenvalue weighted by Gasteiger charge is 2.62. The zero-order valence-electron chi connectivity index (χ0n) is 19.2. The van der Waals surface area contributed by atoms with Crippen LogP contribution in [0.15, 0.2) is 0 Å². The topological polar surface area (TPSA) is 73.4 Å². The molecule has 5 heteroatoms. The van der Waals surface area contributed by atoms with Crippen LogP contribution in [0, 0.1) is 34.5 Å². The highest BCUT2D eigenvalue weighted by atomic mass is 16.5. The minimum Gasteiger partial charge on any atom is -0.870 e. The molecular formula is C24H41NO4. The average molecular weight is 408 g/mol. The van der Waals surface area contributed by atoms with Crippen molar-refractivity contribution in [3.8, 4) is 0 Å². The molecule has 0 heterocycles. The third-order valence-corrected chi connectivity index (χ3v) is 9.68. The number of esters is 1. The van der Waals surface area contributed by atoms with Crippen LogP contribution in [0.5, 0.6) is 0 Å². The van der Waals surface area contributed by atoms with Gasteiger partial charge in [0.15, 0.2) is 6.10 Å². The number of hydrogen-bond donors (Lipinski definition) is 0. The number of quaternary nitrogens is 1.